The average molecular weight is 674 g/mol. The number of hydrogen-bond acceptors (Lipinski definition) is 8. The zero-order chi connectivity index (χ0) is 35.2. The van der Waals surface area contributed by atoms with E-state index in [1.165, 1.54) is 6.20 Å². The Hall–Kier alpha value is -5.93. The Kier molecular flexibility index (Phi) is 10.4. The van der Waals surface area contributed by atoms with Gasteiger partial charge in [0.1, 0.15) is 35.1 Å². The molecule has 0 saturated heterocycles. The van der Waals surface area contributed by atoms with Gasteiger partial charge in [-0.2, -0.15) is 5.10 Å². The first-order chi connectivity index (χ1) is 23.4. The molecular formula is C33H39N9O7. The number of aromatic amines is 1. The average Bonchev–Trinajstić information content (AvgIpc) is 3.84. The third-order valence-corrected chi connectivity index (χ3v) is 8.10. The van der Waals surface area contributed by atoms with Crippen molar-refractivity contribution in [3.8, 4) is 0 Å². The smallest absolute Gasteiger partial charge is 0.300 e. The topological polar surface area (TPSA) is 218 Å². The van der Waals surface area contributed by atoms with Crippen molar-refractivity contribution < 1.29 is 33.5 Å². The fourth-order valence-corrected chi connectivity index (χ4v) is 5.66. The van der Waals surface area contributed by atoms with Crippen LogP contribution in [0.5, 0.6) is 0 Å². The van der Waals surface area contributed by atoms with Gasteiger partial charge in [0.05, 0.1) is 6.20 Å². The minimum atomic E-state index is -0.999. The number of carboxylic acids is 1. The molecule has 1 aliphatic heterocycles. The summed E-state index contributed by atoms with van der Waals surface area (Å²) >= 11 is 0. The molecule has 258 valence electrons. The number of amides is 4. The van der Waals surface area contributed by atoms with E-state index >= 15 is 0 Å². The van der Waals surface area contributed by atoms with Crippen LogP contribution in [-0.4, -0.2) is 77.5 Å². The van der Waals surface area contributed by atoms with Crippen LogP contribution in [0.25, 0.3) is 16.6 Å². The van der Waals surface area contributed by atoms with E-state index < -0.39 is 41.8 Å². The van der Waals surface area contributed by atoms with Gasteiger partial charge >= 0.3 is 0 Å². The SMILES string of the molecule is CC(=O)O.Cc1oc2nc1C(=O)NCCCC[C@H](NC(=O)c1cnn3ccn(C)c13)C(=O)N[C@H](Cc1c[nH]c3ccccc13)C(=O)N[C@@H]2C. The largest absolute Gasteiger partial charge is 0.481 e. The predicted molar refractivity (Wildman–Crippen MR) is 177 cm³/mol. The van der Waals surface area contributed by atoms with E-state index in [2.05, 4.69) is 36.3 Å². The summed E-state index contributed by atoms with van der Waals surface area (Å²) in [5.41, 5.74) is 2.79. The van der Waals surface area contributed by atoms with Crippen LogP contribution < -0.4 is 21.3 Å². The molecule has 0 saturated carbocycles. The summed E-state index contributed by atoms with van der Waals surface area (Å²) in [5, 5.41) is 24.1. The van der Waals surface area contributed by atoms with Crippen LogP contribution in [0.4, 0.5) is 0 Å². The minimum absolute atomic E-state index is 0.153. The molecular weight excluding hydrogens is 634 g/mol. The summed E-state index contributed by atoms with van der Waals surface area (Å²) in [6, 6.07) is 5.05. The number of aromatic nitrogens is 5. The third-order valence-electron chi connectivity index (χ3n) is 8.10. The van der Waals surface area contributed by atoms with E-state index in [0.29, 0.717) is 36.4 Å². The number of H-pyrrole nitrogens is 1. The highest BCUT2D eigenvalue weighted by Gasteiger charge is 2.31. The van der Waals surface area contributed by atoms with Gasteiger partial charge in [0, 0.05) is 56.4 Å². The molecule has 0 spiro atoms. The Balaban J connectivity index is 0.00000111. The van der Waals surface area contributed by atoms with Crippen molar-refractivity contribution in [2.75, 3.05) is 6.54 Å². The number of carbonyl (C=O) groups is 5. The Bertz CT molecular complexity index is 2000. The second-order valence-corrected chi connectivity index (χ2v) is 11.8. The highest BCUT2D eigenvalue weighted by molar-refractivity contribution is 6.02. The number of aliphatic carboxylic acids is 1. The number of carbonyl (C=O) groups excluding carboxylic acids is 4. The molecule has 5 heterocycles. The van der Waals surface area contributed by atoms with Crippen LogP contribution in [0.15, 0.2) is 53.5 Å². The number of carboxylic acid groups (broad SMARTS) is 1. The lowest BCUT2D eigenvalue weighted by atomic mass is 10.0. The van der Waals surface area contributed by atoms with Crippen LogP contribution in [-0.2, 0) is 27.9 Å². The lowest BCUT2D eigenvalue weighted by Crippen LogP contribution is -2.54. The molecule has 2 bridgehead atoms. The molecule has 0 radical (unpaired) electrons. The van der Waals surface area contributed by atoms with Gasteiger partial charge in [-0.25, -0.2) is 9.50 Å². The number of para-hydroxylation sites is 1. The number of nitrogens with one attached hydrogen (secondary N) is 5. The number of hydrogen-bond donors (Lipinski definition) is 6. The number of rotatable bonds is 4. The molecule has 4 amide bonds. The van der Waals surface area contributed by atoms with E-state index in [1.54, 1.807) is 42.4 Å². The van der Waals surface area contributed by atoms with Crippen LogP contribution >= 0.6 is 0 Å². The van der Waals surface area contributed by atoms with Gasteiger partial charge in [0.15, 0.2) is 5.69 Å². The monoisotopic (exact) mass is 673 g/mol. The molecule has 5 aromatic rings. The van der Waals surface area contributed by atoms with Crippen LogP contribution in [0.1, 0.15) is 77.2 Å². The fourth-order valence-electron chi connectivity index (χ4n) is 5.66. The first-order valence-corrected chi connectivity index (χ1v) is 15.8. The summed E-state index contributed by atoms with van der Waals surface area (Å²) < 4.78 is 9.09. The molecule has 0 unspecified atom stereocenters. The van der Waals surface area contributed by atoms with Crippen molar-refractivity contribution in [1.82, 2.24) is 45.4 Å². The molecule has 1 aliphatic rings. The summed E-state index contributed by atoms with van der Waals surface area (Å²) in [5.74, 6) is -2.14. The van der Waals surface area contributed by atoms with Crippen molar-refractivity contribution in [2.24, 2.45) is 7.05 Å². The second-order valence-electron chi connectivity index (χ2n) is 11.8. The molecule has 16 heteroatoms. The lowest BCUT2D eigenvalue weighted by Gasteiger charge is -2.24. The Morgan fingerprint density at radius 1 is 1.10 bits per heavy atom. The lowest BCUT2D eigenvalue weighted by molar-refractivity contribution is -0.134. The van der Waals surface area contributed by atoms with Gasteiger partial charge in [-0.05, 0) is 44.7 Å². The van der Waals surface area contributed by atoms with E-state index in [9.17, 15) is 19.2 Å². The highest BCUT2D eigenvalue weighted by Crippen LogP contribution is 2.21. The van der Waals surface area contributed by atoms with E-state index in [0.717, 1.165) is 23.4 Å². The maximum atomic E-state index is 13.9. The minimum Gasteiger partial charge on any atom is -0.481 e. The zero-order valence-electron chi connectivity index (χ0n) is 27.6. The van der Waals surface area contributed by atoms with Crippen LogP contribution in [0, 0.1) is 6.92 Å². The normalized spacial score (nSPS) is 19.0. The fraction of sp³-hybridized carbons (Fsp3) is 0.364. The Morgan fingerprint density at radius 2 is 1.86 bits per heavy atom. The Morgan fingerprint density at radius 3 is 2.63 bits per heavy atom. The maximum Gasteiger partial charge on any atom is 0.300 e. The van der Waals surface area contributed by atoms with Gasteiger partial charge in [0.2, 0.25) is 17.7 Å². The first kappa shape index (κ1) is 34.4. The van der Waals surface area contributed by atoms with Crippen molar-refractivity contribution in [3.63, 3.8) is 0 Å². The standard InChI is InChI=1S/C31H35N9O5.C2H4O2/c1-17-30-38-25(18(2)45-30)29(44)32-11-7-6-10-23(36-26(41)21-16-34-40-13-12-39(3)31(21)40)27(42)37-24(28(43)35-17)14-19-15-33-22-9-5-4-8-20(19)22;1-2(3)4/h4-5,8-9,12-13,15-17,23-24,33H,6-7,10-11,14H2,1-3H3,(H,32,44)(H,35,43)(H,36,41)(H,37,42);1H3,(H,3,4)/t17-,23+,24-;/m1./s1. The summed E-state index contributed by atoms with van der Waals surface area (Å²) in [6.45, 7) is 4.76. The van der Waals surface area contributed by atoms with E-state index in [1.807, 2.05) is 30.5 Å². The molecule has 6 rings (SSSR count). The zero-order valence-corrected chi connectivity index (χ0v) is 27.6. The first-order valence-electron chi connectivity index (χ1n) is 15.8. The van der Waals surface area contributed by atoms with Crippen LogP contribution in [0.2, 0.25) is 0 Å². The molecule has 1 aromatic carbocycles. The molecule has 16 nitrogen and oxygen atoms in total. The molecule has 4 aromatic heterocycles. The van der Waals surface area contributed by atoms with Gasteiger partial charge in [-0.3, -0.25) is 24.0 Å². The van der Waals surface area contributed by atoms with Gasteiger partial charge in [-0.1, -0.05) is 18.2 Å². The maximum absolute atomic E-state index is 13.9. The number of aryl methyl sites for hydroxylation is 2. The van der Waals surface area contributed by atoms with Crippen molar-refractivity contribution in [2.45, 2.75) is 64.6 Å². The second kappa shape index (κ2) is 14.9. The summed E-state index contributed by atoms with van der Waals surface area (Å²) in [7, 11) is 1.80. The molecule has 3 atom stereocenters. The van der Waals surface area contributed by atoms with E-state index in [-0.39, 0.29) is 30.3 Å². The molecule has 0 fully saturated rings. The predicted octanol–water partition coefficient (Wildman–Crippen LogP) is 2.16. The number of oxazole rings is 1. The van der Waals surface area contributed by atoms with Crippen molar-refractivity contribution >= 4 is 46.1 Å². The van der Waals surface area contributed by atoms with Crippen molar-refractivity contribution in [3.05, 3.63) is 77.5 Å². The summed E-state index contributed by atoms with van der Waals surface area (Å²) in [6.07, 6.45) is 8.29. The quantitative estimate of drug-likeness (QED) is 0.164. The van der Waals surface area contributed by atoms with Gasteiger partial charge in [0.25, 0.3) is 17.8 Å². The van der Waals surface area contributed by atoms with E-state index in [4.69, 9.17) is 14.3 Å². The Labute approximate surface area is 280 Å². The number of imidazole rings is 1. The summed E-state index contributed by atoms with van der Waals surface area (Å²) in [4.78, 5) is 70.5. The molecule has 49 heavy (non-hydrogen) atoms. The third kappa shape index (κ3) is 7.97. The molecule has 0 aliphatic carbocycles. The molecule has 6 N–H and O–H groups in total. The van der Waals surface area contributed by atoms with Gasteiger partial charge in [-0.15, -0.1) is 0 Å². The van der Waals surface area contributed by atoms with Crippen molar-refractivity contribution in [1.29, 1.82) is 0 Å². The van der Waals surface area contributed by atoms with Crippen LogP contribution in [0.3, 0.4) is 0 Å². The number of benzene rings is 1. The highest BCUT2D eigenvalue weighted by atomic mass is 16.4. The number of fused-ring (bicyclic) bond motifs is 4. The number of nitrogens with zero attached hydrogens (tertiary/aromatic N) is 4. The van der Waals surface area contributed by atoms with Gasteiger partial charge < -0.3 is 40.3 Å².